The van der Waals surface area contributed by atoms with Crippen molar-refractivity contribution in [3.8, 4) is 11.5 Å². The largest absolute Gasteiger partial charge is 0.493 e. The number of methoxy groups -OCH3 is 1. The first-order valence-corrected chi connectivity index (χ1v) is 13.0. The number of ether oxygens (including phenoxy) is 3. The number of hydrogen-bond acceptors (Lipinski definition) is 7. The number of rotatable bonds is 7. The molecular formula is C27H29BrN4O4. The molecule has 1 fully saturated rings. The van der Waals surface area contributed by atoms with E-state index in [2.05, 4.69) is 31.3 Å². The zero-order chi connectivity index (χ0) is 25.1. The molecule has 0 saturated heterocycles. The third kappa shape index (κ3) is 5.11. The Morgan fingerprint density at radius 3 is 2.64 bits per heavy atom. The molecular weight excluding hydrogens is 524 g/mol. The molecule has 9 heteroatoms. The molecule has 8 nitrogen and oxygen atoms in total. The van der Waals surface area contributed by atoms with Gasteiger partial charge in [-0.25, -0.2) is 9.48 Å². The van der Waals surface area contributed by atoms with Gasteiger partial charge < -0.3 is 19.5 Å². The lowest BCUT2D eigenvalue weighted by Crippen LogP contribution is -2.32. The predicted molar refractivity (Wildman–Crippen MR) is 139 cm³/mol. The molecule has 1 aliphatic heterocycles. The van der Waals surface area contributed by atoms with E-state index >= 15 is 0 Å². The van der Waals surface area contributed by atoms with E-state index in [9.17, 15) is 4.79 Å². The lowest BCUT2D eigenvalue weighted by molar-refractivity contribution is -0.146. The van der Waals surface area contributed by atoms with Crippen molar-refractivity contribution in [1.82, 2.24) is 14.8 Å². The summed E-state index contributed by atoms with van der Waals surface area (Å²) in [6.45, 7) is 2.27. The van der Waals surface area contributed by atoms with E-state index < -0.39 is 6.04 Å². The van der Waals surface area contributed by atoms with Crippen molar-refractivity contribution in [2.75, 3.05) is 12.4 Å². The number of nitrogens with one attached hydrogen (secondary N) is 1. The molecule has 188 valence electrons. The van der Waals surface area contributed by atoms with Gasteiger partial charge in [0.15, 0.2) is 11.5 Å². The van der Waals surface area contributed by atoms with Gasteiger partial charge in [0.1, 0.15) is 25.1 Å². The van der Waals surface area contributed by atoms with Gasteiger partial charge in [-0.1, -0.05) is 40.5 Å². The van der Waals surface area contributed by atoms with Crippen LogP contribution in [-0.2, 0) is 16.1 Å². The van der Waals surface area contributed by atoms with Crippen LogP contribution >= 0.6 is 15.9 Å². The SMILES string of the molecule is COc1cc(C2C(C(=O)OC3CCCCC3)=C(C)Nc3ncnn32)ccc1OCc1ccc(Br)cc1. The predicted octanol–water partition coefficient (Wildman–Crippen LogP) is 5.79. The zero-order valence-electron chi connectivity index (χ0n) is 20.4. The number of nitrogens with zero attached hydrogens (tertiary/aromatic N) is 3. The Balaban J connectivity index is 1.43. The second kappa shape index (κ2) is 10.7. The molecule has 1 unspecified atom stereocenters. The summed E-state index contributed by atoms with van der Waals surface area (Å²) >= 11 is 3.45. The summed E-state index contributed by atoms with van der Waals surface area (Å²) in [5.41, 5.74) is 3.09. The van der Waals surface area contributed by atoms with Gasteiger partial charge in [-0.3, -0.25) is 0 Å². The Morgan fingerprint density at radius 2 is 1.89 bits per heavy atom. The van der Waals surface area contributed by atoms with Gasteiger partial charge in [0.05, 0.1) is 12.7 Å². The van der Waals surface area contributed by atoms with Gasteiger partial charge in [-0.05, 0) is 68.0 Å². The van der Waals surface area contributed by atoms with E-state index in [1.807, 2.05) is 49.4 Å². The molecule has 3 aromatic rings. The normalized spacial score (nSPS) is 17.8. The minimum Gasteiger partial charge on any atom is -0.493 e. The number of aromatic nitrogens is 3. The Morgan fingerprint density at radius 1 is 1.11 bits per heavy atom. The Hall–Kier alpha value is -3.33. The summed E-state index contributed by atoms with van der Waals surface area (Å²) < 4.78 is 20.4. The minimum atomic E-state index is -0.505. The highest BCUT2D eigenvalue weighted by atomic mass is 79.9. The van der Waals surface area contributed by atoms with Crippen LogP contribution in [0.1, 0.15) is 56.2 Å². The summed E-state index contributed by atoms with van der Waals surface area (Å²) in [4.78, 5) is 17.8. The van der Waals surface area contributed by atoms with Crippen LogP contribution in [0.2, 0.25) is 0 Å². The van der Waals surface area contributed by atoms with E-state index in [0.29, 0.717) is 35.3 Å². The highest BCUT2D eigenvalue weighted by molar-refractivity contribution is 9.10. The van der Waals surface area contributed by atoms with Crippen LogP contribution in [0.15, 0.2) is 64.5 Å². The van der Waals surface area contributed by atoms with E-state index in [4.69, 9.17) is 14.2 Å². The number of anilines is 1. The maximum Gasteiger partial charge on any atom is 0.338 e. The molecule has 2 aliphatic rings. The lowest BCUT2D eigenvalue weighted by Gasteiger charge is -2.30. The average Bonchev–Trinajstić information content (AvgIpc) is 3.36. The molecule has 5 rings (SSSR count). The van der Waals surface area contributed by atoms with Crippen molar-refractivity contribution in [2.45, 2.75) is 57.8 Å². The second-order valence-electron chi connectivity index (χ2n) is 9.09. The molecule has 0 bridgehead atoms. The summed E-state index contributed by atoms with van der Waals surface area (Å²) in [5.74, 6) is 1.43. The van der Waals surface area contributed by atoms with Crippen LogP contribution < -0.4 is 14.8 Å². The van der Waals surface area contributed by atoms with E-state index in [1.54, 1.807) is 11.8 Å². The monoisotopic (exact) mass is 552 g/mol. The highest BCUT2D eigenvalue weighted by Crippen LogP contribution is 2.39. The molecule has 0 radical (unpaired) electrons. The molecule has 0 spiro atoms. The van der Waals surface area contributed by atoms with Crippen LogP contribution in [0, 0.1) is 0 Å². The molecule has 36 heavy (non-hydrogen) atoms. The lowest BCUT2D eigenvalue weighted by atomic mass is 9.94. The van der Waals surface area contributed by atoms with Gasteiger partial charge in [0.25, 0.3) is 0 Å². The molecule has 1 saturated carbocycles. The average molecular weight is 553 g/mol. The Labute approximate surface area is 218 Å². The maximum absolute atomic E-state index is 13.5. The van der Waals surface area contributed by atoms with Crippen molar-refractivity contribution >= 4 is 27.8 Å². The first-order valence-electron chi connectivity index (χ1n) is 12.2. The van der Waals surface area contributed by atoms with E-state index in [0.717, 1.165) is 41.3 Å². The number of allylic oxidation sites excluding steroid dienone is 1. The topological polar surface area (TPSA) is 87.5 Å². The molecule has 1 aromatic heterocycles. The summed E-state index contributed by atoms with van der Waals surface area (Å²) in [5, 5.41) is 7.61. The highest BCUT2D eigenvalue weighted by Gasteiger charge is 2.36. The number of esters is 1. The van der Waals surface area contributed by atoms with Gasteiger partial charge >= 0.3 is 5.97 Å². The fourth-order valence-electron chi connectivity index (χ4n) is 4.78. The van der Waals surface area contributed by atoms with Crippen LogP contribution in [0.25, 0.3) is 0 Å². The first-order chi connectivity index (χ1) is 17.5. The smallest absolute Gasteiger partial charge is 0.338 e. The number of benzene rings is 2. The second-order valence-corrected chi connectivity index (χ2v) is 10.0. The standard InChI is InChI=1S/C27H29BrN4O4/c1-17-24(26(33)36-21-6-4-3-5-7-21)25(32-27(31-17)29-16-30-32)19-10-13-22(23(14-19)34-2)35-15-18-8-11-20(28)12-9-18/h8-14,16,21,25H,3-7,15H2,1-2H3,(H,29,30,31). The van der Waals surface area contributed by atoms with Crippen molar-refractivity contribution in [2.24, 2.45) is 0 Å². The minimum absolute atomic E-state index is 0.0479. The number of carbonyl (C=O) groups excluding carboxylic acids is 1. The maximum atomic E-state index is 13.5. The molecule has 1 aliphatic carbocycles. The van der Waals surface area contributed by atoms with Crippen LogP contribution in [0.5, 0.6) is 11.5 Å². The van der Waals surface area contributed by atoms with Gasteiger partial charge in [0.2, 0.25) is 5.95 Å². The Kier molecular flexibility index (Phi) is 7.27. The van der Waals surface area contributed by atoms with Gasteiger partial charge in [-0.2, -0.15) is 10.1 Å². The van der Waals surface area contributed by atoms with Gasteiger partial charge in [0, 0.05) is 10.2 Å². The van der Waals surface area contributed by atoms with Crippen molar-refractivity contribution in [1.29, 1.82) is 0 Å². The first kappa shape index (κ1) is 24.4. The van der Waals surface area contributed by atoms with Crippen molar-refractivity contribution in [3.05, 3.63) is 75.7 Å². The third-order valence-electron chi connectivity index (χ3n) is 6.65. The summed E-state index contributed by atoms with van der Waals surface area (Å²) in [6.07, 6.45) is 6.61. The third-order valence-corrected chi connectivity index (χ3v) is 7.18. The van der Waals surface area contributed by atoms with Crippen LogP contribution in [-0.4, -0.2) is 33.9 Å². The fraction of sp³-hybridized carbons (Fsp3) is 0.370. The number of hydrogen-bond donors (Lipinski definition) is 1. The molecule has 2 aromatic carbocycles. The van der Waals surface area contributed by atoms with Crippen LogP contribution in [0.4, 0.5) is 5.95 Å². The van der Waals surface area contributed by atoms with E-state index in [-0.39, 0.29) is 12.1 Å². The molecule has 1 atom stereocenters. The number of fused-ring (bicyclic) bond motifs is 1. The zero-order valence-corrected chi connectivity index (χ0v) is 22.0. The number of halogens is 1. The van der Waals surface area contributed by atoms with Crippen molar-refractivity contribution in [3.63, 3.8) is 0 Å². The fourth-order valence-corrected chi connectivity index (χ4v) is 5.04. The number of carbonyl (C=O) groups is 1. The summed E-state index contributed by atoms with van der Waals surface area (Å²) in [6, 6.07) is 13.2. The molecule has 1 N–H and O–H groups in total. The Bertz CT molecular complexity index is 1270. The molecule has 2 heterocycles. The summed E-state index contributed by atoms with van der Waals surface area (Å²) in [7, 11) is 1.61. The molecule has 0 amide bonds. The van der Waals surface area contributed by atoms with E-state index in [1.165, 1.54) is 12.7 Å². The van der Waals surface area contributed by atoms with Gasteiger partial charge in [-0.15, -0.1) is 0 Å². The van der Waals surface area contributed by atoms with Crippen molar-refractivity contribution < 1.29 is 19.0 Å². The quantitative estimate of drug-likeness (QED) is 0.371. The van der Waals surface area contributed by atoms with Crippen LogP contribution in [0.3, 0.4) is 0 Å².